The Hall–Kier alpha value is -3.84. The van der Waals surface area contributed by atoms with Crippen molar-refractivity contribution < 1.29 is 19.1 Å². The Labute approximate surface area is 220 Å². The Morgan fingerprint density at radius 2 is 1.50 bits per heavy atom. The number of amides is 2. The molecule has 4 aromatic carbocycles. The number of fused-ring (bicyclic) bond motifs is 1. The van der Waals surface area contributed by atoms with E-state index in [0.29, 0.717) is 17.0 Å². The number of esters is 1. The number of benzene rings is 4. The Morgan fingerprint density at radius 3 is 2.25 bits per heavy atom. The van der Waals surface area contributed by atoms with E-state index in [1.807, 2.05) is 36.4 Å². The lowest BCUT2D eigenvalue weighted by molar-refractivity contribution is -0.120. The second-order valence-corrected chi connectivity index (χ2v) is 8.99. The highest BCUT2D eigenvalue weighted by molar-refractivity contribution is 6.53. The van der Waals surface area contributed by atoms with Gasteiger partial charge >= 0.3 is 5.97 Å². The number of hydrogen-bond acceptors (Lipinski definition) is 5. The Morgan fingerprint density at radius 1 is 0.778 bits per heavy atom. The fourth-order valence-electron chi connectivity index (χ4n) is 3.75. The van der Waals surface area contributed by atoms with Crippen LogP contribution in [-0.4, -0.2) is 17.8 Å². The van der Waals surface area contributed by atoms with Crippen LogP contribution in [0.3, 0.4) is 0 Å². The SMILES string of the molecule is O=C(Oc1cccc2ccccc12)c1ccc(NC2=C(Cl)C(=O)N(c3ccc(Cl)c(Cl)c3)C2=O)cc1. The second-order valence-electron chi connectivity index (χ2n) is 7.80. The third kappa shape index (κ3) is 4.42. The second kappa shape index (κ2) is 9.66. The summed E-state index contributed by atoms with van der Waals surface area (Å²) in [6.45, 7) is 0. The van der Waals surface area contributed by atoms with Crippen LogP contribution in [0.1, 0.15) is 10.4 Å². The van der Waals surface area contributed by atoms with Crippen molar-refractivity contribution in [3.05, 3.63) is 111 Å². The summed E-state index contributed by atoms with van der Waals surface area (Å²) < 4.78 is 5.60. The molecule has 0 bridgehead atoms. The molecule has 1 aliphatic rings. The topological polar surface area (TPSA) is 75.7 Å². The molecule has 0 saturated heterocycles. The fraction of sp³-hybridized carbons (Fsp3) is 0. The van der Waals surface area contributed by atoms with E-state index in [9.17, 15) is 14.4 Å². The van der Waals surface area contributed by atoms with Crippen molar-refractivity contribution in [1.29, 1.82) is 0 Å². The maximum atomic E-state index is 13.0. The van der Waals surface area contributed by atoms with Gasteiger partial charge in [-0.1, -0.05) is 71.2 Å². The summed E-state index contributed by atoms with van der Waals surface area (Å²) in [5, 5.41) is 4.85. The number of halogens is 3. The summed E-state index contributed by atoms with van der Waals surface area (Å²) in [4.78, 5) is 39.2. The molecule has 9 heteroatoms. The van der Waals surface area contributed by atoms with Crippen LogP contribution in [0.4, 0.5) is 11.4 Å². The van der Waals surface area contributed by atoms with Crippen molar-refractivity contribution in [2.45, 2.75) is 0 Å². The average Bonchev–Trinajstić information content (AvgIpc) is 3.09. The quantitative estimate of drug-likeness (QED) is 0.172. The summed E-state index contributed by atoms with van der Waals surface area (Å²) in [7, 11) is 0. The molecule has 0 unspecified atom stereocenters. The van der Waals surface area contributed by atoms with E-state index in [1.54, 1.807) is 30.3 Å². The number of nitrogens with zero attached hydrogens (tertiary/aromatic N) is 1. The largest absolute Gasteiger partial charge is 0.422 e. The van der Waals surface area contributed by atoms with Crippen LogP contribution in [0, 0.1) is 0 Å². The molecule has 0 fully saturated rings. The maximum absolute atomic E-state index is 13.0. The molecule has 0 spiro atoms. The van der Waals surface area contributed by atoms with Gasteiger partial charge in [-0.05, 0) is 53.9 Å². The molecular formula is C27H15Cl3N2O4. The van der Waals surface area contributed by atoms with Crippen molar-refractivity contribution in [2.75, 3.05) is 10.2 Å². The van der Waals surface area contributed by atoms with Crippen molar-refractivity contribution in [3.63, 3.8) is 0 Å². The van der Waals surface area contributed by atoms with Gasteiger partial charge in [-0.25, -0.2) is 9.69 Å². The van der Waals surface area contributed by atoms with Crippen molar-refractivity contribution in [2.24, 2.45) is 0 Å². The van der Waals surface area contributed by atoms with E-state index in [1.165, 1.54) is 18.2 Å². The monoisotopic (exact) mass is 536 g/mol. The molecule has 5 rings (SSSR count). The first kappa shape index (κ1) is 23.9. The lowest BCUT2D eigenvalue weighted by atomic mass is 10.1. The molecule has 36 heavy (non-hydrogen) atoms. The van der Waals surface area contributed by atoms with E-state index >= 15 is 0 Å². The average molecular weight is 538 g/mol. The zero-order valence-corrected chi connectivity index (χ0v) is 20.6. The van der Waals surface area contributed by atoms with E-state index < -0.39 is 17.8 Å². The highest BCUT2D eigenvalue weighted by Crippen LogP contribution is 2.34. The predicted octanol–water partition coefficient (Wildman–Crippen LogP) is 6.80. The molecule has 0 aromatic heterocycles. The van der Waals surface area contributed by atoms with Crippen LogP contribution in [0.25, 0.3) is 10.8 Å². The van der Waals surface area contributed by atoms with Crippen molar-refractivity contribution in [1.82, 2.24) is 0 Å². The lowest BCUT2D eigenvalue weighted by Crippen LogP contribution is -2.32. The van der Waals surface area contributed by atoms with Crippen LogP contribution < -0.4 is 15.0 Å². The van der Waals surface area contributed by atoms with Gasteiger partial charge in [0.2, 0.25) is 0 Å². The van der Waals surface area contributed by atoms with Crippen LogP contribution >= 0.6 is 34.8 Å². The third-order valence-electron chi connectivity index (χ3n) is 5.53. The van der Waals surface area contributed by atoms with E-state index in [2.05, 4.69) is 5.32 Å². The normalized spacial score (nSPS) is 13.5. The predicted molar refractivity (Wildman–Crippen MR) is 141 cm³/mol. The van der Waals surface area contributed by atoms with Gasteiger partial charge in [0.1, 0.15) is 16.5 Å². The van der Waals surface area contributed by atoms with Gasteiger partial charge in [0.05, 0.1) is 21.3 Å². The minimum Gasteiger partial charge on any atom is -0.422 e. The summed E-state index contributed by atoms with van der Waals surface area (Å²) >= 11 is 18.1. The summed E-state index contributed by atoms with van der Waals surface area (Å²) in [5.41, 5.74) is 0.890. The molecule has 0 aliphatic carbocycles. The number of ether oxygens (including phenoxy) is 1. The smallest absolute Gasteiger partial charge is 0.343 e. The Kier molecular flexibility index (Phi) is 6.41. The molecule has 1 N–H and O–H groups in total. The van der Waals surface area contributed by atoms with Crippen LogP contribution in [0.15, 0.2) is 95.7 Å². The maximum Gasteiger partial charge on any atom is 0.343 e. The zero-order valence-electron chi connectivity index (χ0n) is 18.3. The number of carbonyl (C=O) groups excluding carboxylic acids is 3. The highest BCUT2D eigenvalue weighted by atomic mass is 35.5. The van der Waals surface area contributed by atoms with Gasteiger partial charge in [0.25, 0.3) is 11.8 Å². The van der Waals surface area contributed by atoms with E-state index in [4.69, 9.17) is 39.5 Å². The van der Waals surface area contributed by atoms with Gasteiger partial charge in [0.15, 0.2) is 0 Å². The van der Waals surface area contributed by atoms with E-state index in [0.717, 1.165) is 15.7 Å². The number of imide groups is 1. The number of anilines is 2. The third-order valence-corrected chi connectivity index (χ3v) is 6.62. The van der Waals surface area contributed by atoms with Crippen molar-refractivity contribution >= 4 is 74.7 Å². The van der Waals surface area contributed by atoms with Crippen molar-refractivity contribution in [3.8, 4) is 5.75 Å². The Balaban J connectivity index is 1.32. The molecule has 2 amide bonds. The summed E-state index contributed by atoms with van der Waals surface area (Å²) in [6.07, 6.45) is 0. The minimum atomic E-state index is -0.696. The van der Waals surface area contributed by atoms with Gasteiger partial charge in [-0.2, -0.15) is 0 Å². The van der Waals surface area contributed by atoms with Crippen LogP contribution in [0.2, 0.25) is 10.0 Å². The number of hydrogen-bond donors (Lipinski definition) is 1. The molecule has 6 nitrogen and oxygen atoms in total. The number of carbonyl (C=O) groups is 3. The molecule has 0 saturated carbocycles. The van der Waals surface area contributed by atoms with Gasteiger partial charge in [-0.15, -0.1) is 0 Å². The van der Waals surface area contributed by atoms with Crippen LogP contribution in [0.5, 0.6) is 5.75 Å². The van der Waals surface area contributed by atoms with E-state index in [-0.39, 0.29) is 26.5 Å². The first-order valence-corrected chi connectivity index (χ1v) is 11.8. The van der Waals surface area contributed by atoms with Gasteiger partial charge in [-0.3, -0.25) is 9.59 Å². The van der Waals surface area contributed by atoms with Gasteiger partial charge < -0.3 is 10.1 Å². The molecule has 0 atom stereocenters. The first-order valence-electron chi connectivity index (χ1n) is 10.6. The van der Waals surface area contributed by atoms with Crippen LogP contribution in [-0.2, 0) is 9.59 Å². The molecule has 1 aliphatic heterocycles. The molecule has 178 valence electrons. The molecule has 0 radical (unpaired) electrons. The first-order chi connectivity index (χ1) is 17.3. The highest BCUT2D eigenvalue weighted by Gasteiger charge is 2.39. The standard InChI is InChI=1S/C27H15Cl3N2O4/c28-20-13-12-18(14-21(20)29)32-25(33)23(30)24(26(32)34)31-17-10-8-16(9-11-17)27(35)36-22-7-3-5-15-4-1-2-6-19(15)22/h1-14,31H. The molecule has 1 heterocycles. The van der Waals surface area contributed by atoms with Gasteiger partial charge in [0, 0.05) is 11.1 Å². The number of rotatable bonds is 5. The zero-order chi connectivity index (χ0) is 25.4. The summed E-state index contributed by atoms with van der Waals surface area (Å²) in [6, 6.07) is 23.7. The fourth-order valence-corrected chi connectivity index (χ4v) is 4.25. The summed E-state index contributed by atoms with van der Waals surface area (Å²) in [5.74, 6) is -1.43. The number of nitrogens with one attached hydrogen (secondary N) is 1. The molecular weight excluding hydrogens is 523 g/mol. The molecule has 4 aromatic rings. The lowest BCUT2D eigenvalue weighted by Gasteiger charge is -2.15. The minimum absolute atomic E-state index is 0.0983. The Bertz CT molecular complexity index is 1580.